The van der Waals surface area contributed by atoms with Gasteiger partial charge in [-0.05, 0) is 54.6 Å². The van der Waals surface area contributed by atoms with Crippen LogP contribution in [-0.4, -0.2) is 28.0 Å². The van der Waals surface area contributed by atoms with E-state index in [1.165, 1.54) is 31.4 Å². The van der Waals surface area contributed by atoms with Crippen LogP contribution in [-0.2, 0) is 14.8 Å². The smallest absolute Gasteiger partial charge is 0.264 e. The molecule has 3 aromatic carbocycles. The van der Waals surface area contributed by atoms with Gasteiger partial charge >= 0.3 is 0 Å². The van der Waals surface area contributed by atoms with Gasteiger partial charge in [-0.2, -0.15) is 0 Å². The maximum atomic E-state index is 13.3. The zero-order valence-electron chi connectivity index (χ0n) is 15.9. The van der Waals surface area contributed by atoms with Crippen molar-refractivity contribution in [3.63, 3.8) is 0 Å². The molecule has 3 aromatic rings. The molecule has 0 heterocycles. The molecule has 0 bridgehead atoms. The van der Waals surface area contributed by atoms with Gasteiger partial charge in [-0.15, -0.1) is 0 Å². The van der Waals surface area contributed by atoms with Crippen molar-refractivity contribution < 1.29 is 17.9 Å². The molecule has 0 unspecified atom stereocenters. The van der Waals surface area contributed by atoms with E-state index in [1.54, 1.807) is 48.5 Å². The van der Waals surface area contributed by atoms with Crippen molar-refractivity contribution in [3.8, 4) is 5.75 Å². The monoisotopic (exact) mass is 464 g/mol. The minimum absolute atomic E-state index is 0.0521. The Morgan fingerprint density at radius 1 is 1.00 bits per heavy atom. The van der Waals surface area contributed by atoms with E-state index in [4.69, 9.17) is 27.9 Å². The average Bonchev–Trinajstić information content (AvgIpc) is 2.74. The van der Waals surface area contributed by atoms with Crippen LogP contribution in [0.15, 0.2) is 77.7 Å². The zero-order chi connectivity index (χ0) is 21.7. The SMILES string of the molecule is COc1ccc(N(CC(=O)Nc2ccc(Cl)cc2)S(=O)(=O)c2ccccc2)cc1Cl. The molecule has 0 saturated heterocycles. The fourth-order valence-electron chi connectivity index (χ4n) is 2.71. The summed E-state index contributed by atoms with van der Waals surface area (Å²) in [4.78, 5) is 12.7. The second kappa shape index (κ2) is 9.38. The summed E-state index contributed by atoms with van der Waals surface area (Å²) in [5.74, 6) is -0.133. The second-order valence-corrected chi connectivity index (χ2v) is 8.90. The summed E-state index contributed by atoms with van der Waals surface area (Å²) in [6.07, 6.45) is 0. The summed E-state index contributed by atoms with van der Waals surface area (Å²) in [6.45, 7) is -0.456. The quantitative estimate of drug-likeness (QED) is 0.542. The van der Waals surface area contributed by atoms with Crippen LogP contribution in [0.4, 0.5) is 11.4 Å². The minimum atomic E-state index is -4.03. The molecule has 0 saturated carbocycles. The molecule has 0 spiro atoms. The predicted molar refractivity (Wildman–Crippen MR) is 119 cm³/mol. The minimum Gasteiger partial charge on any atom is -0.495 e. The van der Waals surface area contributed by atoms with Gasteiger partial charge in [0.2, 0.25) is 5.91 Å². The topological polar surface area (TPSA) is 75.7 Å². The fourth-order valence-corrected chi connectivity index (χ4v) is 4.52. The lowest BCUT2D eigenvalue weighted by Gasteiger charge is -2.24. The van der Waals surface area contributed by atoms with Gasteiger partial charge in [0.1, 0.15) is 12.3 Å². The van der Waals surface area contributed by atoms with Crippen LogP contribution in [0.1, 0.15) is 0 Å². The van der Waals surface area contributed by atoms with Gasteiger partial charge in [0.05, 0.1) is 22.7 Å². The molecule has 6 nitrogen and oxygen atoms in total. The highest BCUT2D eigenvalue weighted by Gasteiger charge is 2.27. The van der Waals surface area contributed by atoms with Crippen LogP contribution < -0.4 is 14.4 Å². The summed E-state index contributed by atoms with van der Waals surface area (Å²) >= 11 is 12.0. The maximum Gasteiger partial charge on any atom is 0.264 e. The number of sulfonamides is 1. The second-order valence-electron chi connectivity index (χ2n) is 6.20. The average molecular weight is 465 g/mol. The molecule has 0 atom stereocenters. The molecule has 0 aromatic heterocycles. The number of hydrogen-bond donors (Lipinski definition) is 1. The lowest BCUT2D eigenvalue weighted by atomic mass is 10.3. The first kappa shape index (κ1) is 22.0. The first-order valence-electron chi connectivity index (χ1n) is 8.78. The highest BCUT2D eigenvalue weighted by molar-refractivity contribution is 7.92. The number of hydrogen-bond acceptors (Lipinski definition) is 4. The first-order valence-corrected chi connectivity index (χ1v) is 11.0. The molecule has 0 aliphatic carbocycles. The molecule has 0 aliphatic rings. The molecule has 9 heteroatoms. The summed E-state index contributed by atoms with van der Waals surface area (Å²) < 4.78 is 32.7. The van der Waals surface area contributed by atoms with E-state index in [1.807, 2.05) is 0 Å². The number of nitrogens with zero attached hydrogens (tertiary/aromatic N) is 1. The number of rotatable bonds is 7. The van der Waals surface area contributed by atoms with E-state index in [9.17, 15) is 13.2 Å². The maximum absolute atomic E-state index is 13.3. The number of ether oxygens (including phenoxy) is 1. The van der Waals surface area contributed by atoms with Crippen molar-refractivity contribution in [2.45, 2.75) is 4.90 Å². The Bertz CT molecular complexity index is 1140. The van der Waals surface area contributed by atoms with Crippen molar-refractivity contribution >= 4 is 50.5 Å². The van der Waals surface area contributed by atoms with E-state index >= 15 is 0 Å². The van der Waals surface area contributed by atoms with E-state index in [0.717, 1.165) is 4.31 Å². The predicted octanol–water partition coefficient (Wildman–Crippen LogP) is 4.84. The molecular weight excluding hydrogens is 447 g/mol. The number of nitrogens with one attached hydrogen (secondary N) is 1. The highest BCUT2D eigenvalue weighted by atomic mass is 35.5. The Balaban J connectivity index is 1.96. The molecular formula is C21H18Cl2N2O4S. The van der Waals surface area contributed by atoms with Crippen molar-refractivity contribution in [1.82, 2.24) is 0 Å². The Hall–Kier alpha value is -2.74. The molecule has 3 rings (SSSR count). The summed E-state index contributed by atoms with van der Waals surface area (Å²) in [6, 6.07) is 18.9. The van der Waals surface area contributed by atoms with Gasteiger partial charge in [0.15, 0.2) is 0 Å². The Kier molecular flexibility index (Phi) is 6.87. The van der Waals surface area contributed by atoms with Crippen LogP contribution in [0, 0.1) is 0 Å². The van der Waals surface area contributed by atoms with Crippen LogP contribution in [0.3, 0.4) is 0 Å². The van der Waals surface area contributed by atoms with E-state index in [2.05, 4.69) is 5.32 Å². The Labute approximate surface area is 185 Å². The molecule has 1 amide bonds. The molecule has 0 radical (unpaired) electrons. The van der Waals surface area contributed by atoms with Crippen molar-refractivity contribution in [3.05, 3.63) is 82.8 Å². The van der Waals surface area contributed by atoms with Crippen LogP contribution in [0.2, 0.25) is 10.0 Å². The standard InChI is InChI=1S/C21H18Cl2N2O4S/c1-29-20-12-11-17(13-19(20)23)25(30(27,28)18-5-3-2-4-6-18)14-21(26)24-16-9-7-15(22)8-10-16/h2-13H,14H2,1H3,(H,24,26). The number of anilines is 2. The van der Waals surface area contributed by atoms with Gasteiger partial charge in [-0.25, -0.2) is 8.42 Å². The third kappa shape index (κ3) is 5.05. The number of carbonyl (C=O) groups is 1. The fraction of sp³-hybridized carbons (Fsp3) is 0.0952. The number of carbonyl (C=O) groups excluding carboxylic acids is 1. The Morgan fingerprint density at radius 2 is 1.67 bits per heavy atom. The third-order valence-corrected chi connectivity index (χ3v) is 6.51. The van der Waals surface area contributed by atoms with Crippen LogP contribution in [0.25, 0.3) is 0 Å². The summed E-state index contributed by atoms with van der Waals surface area (Å²) in [5, 5.41) is 3.41. The van der Waals surface area contributed by atoms with Crippen LogP contribution in [0.5, 0.6) is 5.75 Å². The molecule has 1 N–H and O–H groups in total. The zero-order valence-corrected chi connectivity index (χ0v) is 18.2. The van der Waals surface area contributed by atoms with Crippen molar-refractivity contribution in [2.24, 2.45) is 0 Å². The number of benzene rings is 3. The van der Waals surface area contributed by atoms with Gasteiger partial charge in [-0.3, -0.25) is 9.10 Å². The van der Waals surface area contributed by atoms with Crippen molar-refractivity contribution in [1.29, 1.82) is 0 Å². The molecule has 30 heavy (non-hydrogen) atoms. The van der Waals surface area contributed by atoms with Crippen molar-refractivity contribution in [2.75, 3.05) is 23.3 Å². The lowest BCUT2D eigenvalue weighted by molar-refractivity contribution is -0.114. The van der Waals surface area contributed by atoms with E-state index < -0.39 is 22.5 Å². The molecule has 156 valence electrons. The molecule has 0 fully saturated rings. The highest BCUT2D eigenvalue weighted by Crippen LogP contribution is 2.32. The Morgan fingerprint density at radius 3 is 2.27 bits per heavy atom. The summed E-state index contributed by atoms with van der Waals surface area (Å²) in [7, 11) is -2.58. The van der Waals surface area contributed by atoms with Gasteiger partial charge in [0, 0.05) is 10.7 Å². The lowest BCUT2D eigenvalue weighted by Crippen LogP contribution is -2.38. The number of methoxy groups -OCH3 is 1. The largest absolute Gasteiger partial charge is 0.495 e. The van der Waals surface area contributed by atoms with Gasteiger partial charge in [0.25, 0.3) is 10.0 Å². The molecule has 0 aliphatic heterocycles. The normalized spacial score (nSPS) is 11.0. The number of halogens is 2. The summed E-state index contributed by atoms with van der Waals surface area (Å²) in [5.41, 5.74) is 0.727. The van der Waals surface area contributed by atoms with E-state index in [0.29, 0.717) is 16.5 Å². The van der Waals surface area contributed by atoms with Gasteiger partial charge in [-0.1, -0.05) is 41.4 Å². The van der Waals surface area contributed by atoms with Gasteiger partial charge < -0.3 is 10.1 Å². The number of amides is 1. The first-order chi connectivity index (χ1) is 14.3. The third-order valence-electron chi connectivity index (χ3n) is 4.17. The van der Waals surface area contributed by atoms with E-state index in [-0.39, 0.29) is 15.6 Å². The van der Waals surface area contributed by atoms with Crippen LogP contribution >= 0.6 is 23.2 Å².